The lowest BCUT2D eigenvalue weighted by molar-refractivity contribution is 0.353. The Kier molecular flexibility index (Phi) is 6.26. The number of methoxy groups -OCH3 is 2. The second kappa shape index (κ2) is 8.88. The van der Waals surface area contributed by atoms with Gasteiger partial charge in [-0.05, 0) is 36.5 Å². The number of benzene rings is 1. The van der Waals surface area contributed by atoms with Crippen LogP contribution in [0.4, 0.5) is 17.2 Å². The van der Waals surface area contributed by atoms with Crippen LogP contribution in [0.25, 0.3) is 0 Å². The van der Waals surface area contributed by atoms with Crippen molar-refractivity contribution in [3.8, 4) is 17.8 Å². The first-order valence-corrected chi connectivity index (χ1v) is 10.2. The monoisotopic (exact) mass is 465 g/mol. The van der Waals surface area contributed by atoms with Gasteiger partial charge >= 0.3 is 6.01 Å². The summed E-state index contributed by atoms with van der Waals surface area (Å²) in [6.07, 6.45) is 0. The topological polar surface area (TPSA) is 184 Å². The lowest BCUT2D eigenvalue weighted by Crippen LogP contribution is -2.14. The summed E-state index contributed by atoms with van der Waals surface area (Å²) in [5.41, 5.74) is -0.881. The predicted octanol–water partition coefficient (Wildman–Crippen LogP) is 2.16. The normalized spacial score (nSPS) is 11.4. The molecule has 13 nitrogen and oxygen atoms in total. The van der Waals surface area contributed by atoms with Crippen molar-refractivity contribution in [2.45, 2.75) is 4.90 Å². The molecule has 0 bridgehead atoms. The second-order valence-corrected chi connectivity index (χ2v) is 7.78. The molecule has 0 atom stereocenters. The first kappa shape index (κ1) is 21.8. The van der Waals surface area contributed by atoms with E-state index in [0.29, 0.717) is 0 Å². The highest BCUT2D eigenvalue weighted by Gasteiger charge is 2.17. The number of sulfonamides is 1. The summed E-state index contributed by atoms with van der Waals surface area (Å²) >= 11 is 4.72. The molecular formula is C16H15N7O6S2. The number of nitrogens with one attached hydrogen (secondary N) is 3. The molecule has 0 amide bonds. The van der Waals surface area contributed by atoms with Crippen molar-refractivity contribution in [2.24, 2.45) is 10.2 Å². The third-order valence-electron chi connectivity index (χ3n) is 3.62. The number of hydrogen-bond acceptors (Lipinski definition) is 11. The van der Waals surface area contributed by atoms with Crippen molar-refractivity contribution in [1.82, 2.24) is 19.9 Å². The van der Waals surface area contributed by atoms with Crippen LogP contribution in [0.2, 0.25) is 0 Å². The first-order chi connectivity index (χ1) is 14.7. The molecule has 0 fully saturated rings. The Hall–Kier alpha value is -3.85. The van der Waals surface area contributed by atoms with Gasteiger partial charge in [0.2, 0.25) is 17.4 Å². The van der Waals surface area contributed by atoms with Crippen LogP contribution in [-0.2, 0) is 10.0 Å². The van der Waals surface area contributed by atoms with Crippen molar-refractivity contribution in [2.75, 3.05) is 18.9 Å². The van der Waals surface area contributed by atoms with Crippen molar-refractivity contribution in [3.05, 3.63) is 45.5 Å². The van der Waals surface area contributed by atoms with Crippen LogP contribution >= 0.6 is 12.2 Å². The largest absolute Gasteiger partial charge is 0.493 e. The Balaban J connectivity index is 1.82. The van der Waals surface area contributed by atoms with Crippen molar-refractivity contribution in [1.29, 1.82) is 0 Å². The van der Waals surface area contributed by atoms with E-state index in [4.69, 9.17) is 21.7 Å². The Morgan fingerprint density at radius 3 is 2.42 bits per heavy atom. The van der Waals surface area contributed by atoms with E-state index < -0.39 is 21.5 Å². The van der Waals surface area contributed by atoms with Gasteiger partial charge in [0.05, 0.1) is 24.8 Å². The minimum absolute atomic E-state index is 0.0522. The number of ether oxygens (including phenoxy) is 2. The maximum Gasteiger partial charge on any atom is 0.321 e. The van der Waals surface area contributed by atoms with E-state index in [1.807, 2.05) is 0 Å². The number of aromatic nitrogens is 4. The van der Waals surface area contributed by atoms with Crippen molar-refractivity contribution < 1.29 is 23.0 Å². The summed E-state index contributed by atoms with van der Waals surface area (Å²) in [5, 5.41) is 17.2. The fourth-order valence-electron chi connectivity index (χ4n) is 2.21. The van der Waals surface area contributed by atoms with E-state index >= 15 is 0 Å². The minimum atomic E-state index is -4.00. The van der Waals surface area contributed by atoms with Gasteiger partial charge in [0.25, 0.3) is 15.6 Å². The predicted molar refractivity (Wildman–Crippen MR) is 110 cm³/mol. The molecule has 2 aromatic heterocycles. The molecule has 162 valence electrons. The molecule has 0 radical (unpaired) electrons. The summed E-state index contributed by atoms with van der Waals surface area (Å²) in [6.45, 7) is 0. The zero-order chi connectivity index (χ0) is 22.6. The summed E-state index contributed by atoms with van der Waals surface area (Å²) in [6, 6.07) is 6.47. The number of rotatable bonds is 7. The Morgan fingerprint density at radius 1 is 1.10 bits per heavy atom. The average molecular weight is 465 g/mol. The maximum atomic E-state index is 12.6. The van der Waals surface area contributed by atoms with Gasteiger partial charge in [-0.2, -0.15) is 15.1 Å². The quantitative estimate of drug-likeness (QED) is 0.300. The van der Waals surface area contributed by atoms with Gasteiger partial charge < -0.3 is 19.6 Å². The highest BCUT2D eigenvalue weighted by atomic mass is 32.2. The molecular weight excluding hydrogens is 450 g/mol. The SMILES string of the molecule is COc1cc(NS(=O)(=O)c2ccc(N=Nc3c(O)[nH]c(=S)[nH]c3=O)cc2)nc(OC)n1. The van der Waals surface area contributed by atoms with Gasteiger partial charge in [0, 0.05) is 6.07 Å². The van der Waals surface area contributed by atoms with Crippen LogP contribution in [0, 0.1) is 4.77 Å². The zero-order valence-corrected chi connectivity index (χ0v) is 17.6. The summed E-state index contributed by atoms with van der Waals surface area (Å²) in [5.74, 6) is -0.486. The molecule has 15 heteroatoms. The number of anilines is 1. The second-order valence-electron chi connectivity index (χ2n) is 5.69. The van der Waals surface area contributed by atoms with Crippen LogP contribution in [0.15, 0.2) is 50.3 Å². The Labute approximate surface area is 179 Å². The van der Waals surface area contributed by atoms with Gasteiger partial charge in [-0.3, -0.25) is 14.5 Å². The van der Waals surface area contributed by atoms with Crippen LogP contribution in [0.1, 0.15) is 0 Å². The van der Waals surface area contributed by atoms with Crippen LogP contribution < -0.4 is 19.8 Å². The number of hydrogen-bond donors (Lipinski definition) is 4. The number of aromatic amines is 2. The number of aromatic hydroxyl groups is 1. The molecule has 0 saturated carbocycles. The smallest absolute Gasteiger partial charge is 0.321 e. The summed E-state index contributed by atoms with van der Waals surface area (Å²) in [4.78, 5) is 24.1. The Morgan fingerprint density at radius 2 is 1.81 bits per heavy atom. The fraction of sp³-hybridized carbons (Fsp3) is 0.125. The molecule has 3 aromatic rings. The Bertz CT molecular complexity index is 1330. The molecule has 0 spiro atoms. The molecule has 0 aliphatic heterocycles. The molecule has 0 aliphatic carbocycles. The third-order valence-corrected chi connectivity index (χ3v) is 5.20. The van der Waals surface area contributed by atoms with Crippen molar-refractivity contribution >= 4 is 39.4 Å². The van der Waals surface area contributed by atoms with Crippen LogP contribution in [0.3, 0.4) is 0 Å². The summed E-state index contributed by atoms with van der Waals surface area (Å²) < 4.78 is 37.3. The molecule has 3 rings (SSSR count). The fourth-order valence-corrected chi connectivity index (χ4v) is 3.39. The van der Waals surface area contributed by atoms with E-state index in [2.05, 4.69) is 34.9 Å². The summed E-state index contributed by atoms with van der Waals surface area (Å²) in [7, 11) is -1.30. The molecule has 2 heterocycles. The zero-order valence-electron chi connectivity index (χ0n) is 16.0. The first-order valence-electron chi connectivity index (χ1n) is 8.29. The van der Waals surface area contributed by atoms with Gasteiger partial charge in [0.15, 0.2) is 10.6 Å². The number of azo groups is 1. The molecule has 0 aliphatic rings. The molecule has 4 N–H and O–H groups in total. The highest BCUT2D eigenvalue weighted by Crippen LogP contribution is 2.24. The van der Waals surface area contributed by atoms with Gasteiger partial charge in [-0.1, -0.05) is 0 Å². The van der Waals surface area contributed by atoms with E-state index in [0.717, 1.165) is 0 Å². The number of nitrogens with zero attached hydrogens (tertiary/aromatic N) is 4. The van der Waals surface area contributed by atoms with Crippen molar-refractivity contribution in [3.63, 3.8) is 0 Å². The highest BCUT2D eigenvalue weighted by molar-refractivity contribution is 7.92. The molecule has 0 unspecified atom stereocenters. The third kappa shape index (κ3) is 5.20. The number of H-pyrrole nitrogens is 2. The van der Waals surface area contributed by atoms with Gasteiger partial charge in [0.1, 0.15) is 0 Å². The lowest BCUT2D eigenvalue weighted by atomic mass is 10.3. The van der Waals surface area contributed by atoms with E-state index in [1.165, 1.54) is 44.6 Å². The van der Waals surface area contributed by atoms with E-state index in [9.17, 15) is 18.3 Å². The van der Waals surface area contributed by atoms with E-state index in [1.54, 1.807) is 0 Å². The average Bonchev–Trinajstić information content (AvgIpc) is 2.72. The van der Waals surface area contributed by atoms with Crippen LogP contribution in [-0.4, -0.2) is 47.7 Å². The van der Waals surface area contributed by atoms with E-state index in [-0.39, 0.29) is 38.7 Å². The molecule has 0 saturated heterocycles. The van der Waals surface area contributed by atoms with Gasteiger partial charge in [-0.25, -0.2) is 8.42 Å². The van der Waals surface area contributed by atoms with Gasteiger partial charge in [-0.15, -0.1) is 5.11 Å². The molecule has 1 aromatic carbocycles. The lowest BCUT2D eigenvalue weighted by Gasteiger charge is -2.09. The maximum absolute atomic E-state index is 12.6. The standard InChI is InChI=1S/C16H15N7O6S2/c1-28-11-7-10(17-15(18-11)29-2)23-31(26,27)9-5-3-8(4-6-9)21-22-12-13(24)19-16(30)20-14(12)25/h3-7H,1-2H3,(H,17,18,23)(H3,19,20,24,25,30). The molecule has 31 heavy (non-hydrogen) atoms. The minimum Gasteiger partial charge on any atom is -0.493 e. The van der Waals surface area contributed by atoms with Crippen LogP contribution in [0.5, 0.6) is 17.8 Å².